The summed E-state index contributed by atoms with van der Waals surface area (Å²) in [6.45, 7) is 3.80. The molecule has 2 rings (SSSR count). The Balaban J connectivity index is 1.98. The molecule has 1 N–H and O–H groups in total. The number of rotatable bonds is 0. The Morgan fingerprint density at radius 2 is 2.08 bits per heavy atom. The molecule has 1 atom stereocenters. The van der Waals surface area contributed by atoms with Gasteiger partial charge in [-0.2, -0.15) is 0 Å². The maximum Gasteiger partial charge on any atom is 0.0320 e. The molecule has 0 aromatic heterocycles. The lowest BCUT2D eigenvalue weighted by atomic mass is 9.93. The van der Waals surface area contributed by atoms with Crippen LogP contribution in [0, 0.1) is 0 Å². The van der Waals surface area contributed by atoms with Gasteiger partial charge in [-0.15, -0.1) is 0 Å². The van der Waals surface area contributed by atoms with E-state index in [0.29, 0.717) is 5.54 Å². The maximum atomic E-state index is 3.75. The lowest BCUT2D eigenvalue weighted by Crippen LogP contribution is -2.46. The number of hydrogen-bond donors (Lipinski definition) is 1. The fraction of sp³-hybridized carbons (Fsp3) is 1.00. The average molecular weight is 168 g/mol. The van der Waals surface area contributed by atoms with Crippen molar-refractivity contribution in [1.29, 1.82) is 0 Å². The van der Waals surface area contributed by atoms with Crippen molar-refractivity contribution in [3.8, 4) is 0 Å². The number of nitrogens with zero attached hydrogens (tertiary/aromatic N) is 1. The first-order chi connectivity index (χ1) is 5.81. The first-order valence-electron chi connectivity index (χ1n) is 5.24. The highest BCUT2D eigenvalue weighted by Crippen LogP contribution is 2.28. The van der Waals surface area contributed by atoms with Crippen molar-refractivity contribution in [2.75, 3.05) is 26.7 Å². The topological polar surface area (TPSA) is 15.3 Å². The van der Waals surface area contributed by atoms with E-state index in [0.717, 1.165) is 0 Å². The minimum atomic E-state index is 0.505. The summed E-state index contributed by atoms with van der Waals surface area (Å²) in [4.78, 5) is 2.46. The molecule has 2 aliphatic rings. The molecular formula is C10H20N2. The van der Waals surface area contributed by atoms with Crippen molar-refractivity contribution < 1.29 is 0 Å². The van der Waals surface area contributed by atoms with Gasteiger partial charge in [0.05, 0.1) is 0 Å². The summed E-state index contributed by atoms with van der Waals surface area (Å²) in [5, 5.41) is 3.75. The predicted molar refractivity (Wildman–Crippen MR) is 51.3 cm³/mol. The second kappa shape index (κ2) is 3.35. The van der Waals surface area contributed by atoms with E-state index in [4.69, 9.17) is 0 Å². The Kier molecular flexibility index (Phi) is 2.37. The Bertz CT molecular complexity index is 148. The summed E-state index contributed by atoms with van der Waals surface area (Å²) in [5.74, 6) is 0. The summed E-state index contributed by atoms with van der Waals surface area (Å²) in [6, 6.07) is 0. The van der Waals surface area contributed by atoms with E-state index in [9.17, 15) is 0 Å². The van der Waals surface area contributed by atoms with Crippen molar-refractivity contribution in [2.45, 2.75) is 37.6 Å². The van der Waals surface area contributed by atoms with Gasteiger partial charge in [-0.3, -0.25) is 0 Å². The Labute approximate surface area is 75.3 Å². The molecule has 0 radical (unpaired) electrons. The van der Waals surface area contributed by atoms with Crippen LogP contribution in [0.3, 0.4) is 0 Å². The third-order valence-corrected chi connectivity index (χ3v) is 3.38. The summed E-state index contributed by atoms with van der Waals surface area (Å²) >= 11 is 0. The van der Waals surface area contributed by atoms with E-state index in [2.05, 4.69) is 17.3 Å². The minimum absolute atomic E-state index is 0.505. The minimum Gasteiger partial charge on any atom is -0.310 e. The number of likely N-dealkylation sites (N-methyl/N-ethyl adjacent to an activating group) is 1. The second-order valence-electron chi connectivity index (χ2n) is 4.51. The molecule has 2 aliphatic heterocycles. The Morgan fingerprint density at radius 3 is 2.83 bits per heavy atom. The van der Waals surface area contributed by atoms with E-state index >= 15 is 0 Å². The zero-order chi connectivity index (χ0) is 8.44. The van der Waals surface area contributed by atoms with Crippen LogP contribution in [0.5, 0.6) is 0 Å². The van der Waals surface area contributed by atoms with Crippen LogP contribution in [0.1, 0.15) is 32.1 Å². The molecule has 12 heavy (non-hydrogen) atoms. The van der Waals surface area contributed by atoms with Crippen LogP contribution in [0.25, 0.3) is 0 Å². The highest BCUT2D eigenvalue weighted by Gasteiger charge is 2.36. The van der Waals surface area contributed by atoms with Crippen LogP contribution in [0.15, 0.2) is 0 Å². The van der Waals surface area contributed by atoms with Crippen molar-refractivity contribution in [3.05, 3.63) is 0 Å². The van der Waals surface area contributed by atoms with Gasteiger partial charge in [0.15, 0.2) is 0 Å². The fourth-order valence-corrected chi connectivity index (χ4v) is 2.64. The normalized spacial score (nSPS) is 38.8. The zero-order valence-electron chi connectivity index (χ0n) is 8.10. The molecule has 0 saturated carbocycles. The molecule has 0 bridgehead atoms. The molecule has 2 heteroatoms. The molecule has 1 unspecified atom stereocenters. The molecule has 70 valence electrons. The van der Waals surface area contributed by atoms with Gasteiger partial charge in [0.25, 0.3) is 0 Å². The van der Waals surface area contributed by atoms with Crippen molar-refractivity contribution in [1.82, 2.24) is 10.2 Å². The largest absolute Gasteiger partial charge is 0.310 e. The summed E-state index contributed by atoms with van der Waals surface area (Å²) < 4.78 is 0. The van der Waals surface area contributed by atoms with E-state index in [1.807, 2.05) is 0 Å². The molecule has 2 nitrogen and oxygen atoms in total. The molecular weight excluding hydrogens is 148 g/mol. The molecule has 2 heterocycles. The van der Waals surface area contributed by atoms with Crippen LogP contribution < -0.4 is 5.32 Å². The van der Waals surface area contributed by atoms with Crippen LogP contribution in [0.2, 0.25) is 0 Å². The van der Waals surface area contributed by atoms with Gasteiger partial charge in [0, 0.05) is 12.1 Å². The van der Waals surface area contributed by atoms with E-state index in [1.165, 1.54) is 51.7 Å². The van der Waals surface area contributed by atoms with E-state index in [1.54, 1.807) is 0 Å². The van der Waals surface area contributed by atoms with Gasteiger partial charge in [-0.05, 0) is 39.4 Å². The first-order valence-corrected chi connectivity index (χ1v) is 5.24. The van der Waals surface area contributed by atoms with Gasteiger partial charge in [0.2, 0.25) is 0 Å². The monoisotopic (exact) mass is 168 g/mol. The van der Waals surface area contributed by atoms with Crippen molar-refractivity contribution >= 4 is 0 Å². The molecule has 1 spiro atoms. The zero-order valence-corrected chi connectivity index (χ0v) is 8.10. The summed E-state index contributed by atoms with van der Waals surface area (Å²) in [6.07, 6.45) is 7.01. The molecule has 0 aliphatic carbocycles. The molecule has 0 aromatic rings. The van der Waals surface area contributed by atoms with Gasteiger partial charge in [-0.1, -0.05) is 12.8 Å². The number of nitrogens with one attached hydrogen (secondary N) is 1. The first kappa shape index (κ1) is 8.52. The molecule has 0 aromatic carbocycles. The number of likely N-dealkylation sites (tertiary alicyclic amines) is 1. The third kappa shape index (κ3) is 1.64. The quantitative estimate of drug-likeness (QED) is 0.585. The summed E-state index contributed by atoms with van der Waals surface area (Å²) in [7, 11) is 2.24. The highest BCUT2D eigenvalue weighted by molar-refractivity contribution is 4.97. The SMILES string of the molecule is CN1CCC2(CCCCCN2)C1. The molecule has 0 amide bonds. The van der Waals surface area contributed by atoms with E-state index in [-0.39, 0.29) is 0 Å². The van der Waals surface area contributed by atoms with Gasteiger partial charge in [0.1, 0.15) is 0 Å². The van der Waals surface area contributed by atoms with Crippen LogP contribution >= 0.6 is 0 Å². The standard InChI is InChI=1S/C10H20N2/c1-12-8-6-10(9-12)5-3-2-4-7-11-10/h11H,2-9H2,1H3. The fourth-order valence-electron chi connectivity index (χ4n) is 2.64. The number of hydrogen-bond acceptors (Lipinski definition) is 2. The van der Waals surface area contributed by atoms with Crippen LogP contribution in [-0.4, -0.2) is 37.1 Å². The van der Waals surface area contributed by atoms with Gasteiger partial charge >= 0.3 is 0 Å². The maximum absolute atomic E-state index is 3.75. The van der Waals surface area contributed by atoms with Gasteiger partial charge in [-0.25, -0.2) is 0 Å². The highest BCUT2D eigenvalue weighted by atomic mass is 15.2. The van der Waals surface area contributed by atoms with Crippen molar-refractivity contribution in [3.63, 3.8) is 0 Å². The lowest BCUT2D eigenvalue weighted by Gasteiger charge is -2.28. The summed E-state index contributed by atoms with van der Waals surface area (Å²) in [5.41, 5.74) is 0.505. The molecule has 2 fully saturated rings. The lowest BCUT2D eigenvalue weighted by molar-refractivity contribution is 0.305. The Hall–Kier alpha value is -0.0800. The van der Waals surface area contributed by atoms with Crippen molar-refractivity contribution in [2.24, 2.45) is 0 Å². The smallest absolute Gasteiger partial charge is 0.0320 e. The van der Waals surface area contributed by atoms with Crippen LogP contribution in [0.4, 0.5) is 0 Å². The van der Waals surface area contributed by atoms with Crippen LogP contribution in [-0.2, 0) is 0 Å². The van der Waals surface area contributed by atoms with E-state index < -0.39 is 0 Å². The van der Waals surface area contributed by atoms with Gasteiger partial charge < -0.3 is 10.2 Å². The average Bonchev–Trinajstić information content (AvgIpc) is 2.30. The second-order valence-corrected chi connectivity index (χ2v) is 4.51. The predicted octanol–water partition coefficient (Wildman–Crippen LogP) is 1.22. The third-order valence-electron chi connectivity index (χ3n) is 3.38. The molecule has 2 saturated heterocycles. The Morgan fingerprint density at radius 1 is 1.17 bits per heavy atom.